The predicted molar refractivity (Wildman–Crippen MR) is 102 cm³/mol. The van der Waals surface area contributed by atoms with Crippen molar-refractivity contribution in [3.63, 3.8) is 0 Å². The summed E-state index contributed by atoms with van der Waals surface area (Å²) >= 11 is 0. The van der Waals surface area contributed by atoms with Crippen LogP contribution in [0.5, 0.6) is 0 Å². The Bertz CT molecular complexity index is 890. The van der Waals surface area contributed by atoms with Crippen LogP contribution in [0.3, 0.4) is 0 Å². The minimum Gasteiger partial charge on any atom is -0.478 e. The number of hydrogen-bond donors (Lipinski definition) is 3. The number of carboxylic acids is 2. The first-order chi connectivity index (χ1) is 12.9. The summed E-state index contributed by atoms with van der Waals surface area (Å²) in [6.07, 6.45) is 0. The minimum absolute atomic E-state index is 0.190. The molecule has 0 aliphatic heterocycles. The van der Waals surface area contributed by atoms with E-state index in [2.05, 4.69) is 15.3 Å². The molecule has 3 aromatic rings. The number of rotatable bonds is 4. The Labute approximate surface area is 156 Å². The quantitative estimate of drug-likeness (QED) is 0.642. The van der Waals surface area contributed by atoms with Gasteiger partial charge in [0, 0.05) is 17.1 Å². The molecule has 0 aliphatic rings. The van der Waals surface area contributed by atoms with E-state index in [9.17, 15) is 9.59 Å². The van der Waals surface area contributed by atoms with Crippen molar-refractivity contribution in [2.75, 3.05) is 5.32 Å². The van der Waals surface area contributed by atoms with Gasteiger partial charge in [-0.2, -0.15) is 0 Å². The van der Waals surface area contributed by atoms with Crippen molar-refractivity contribution in [2.24, 2.45) is 0 Å². The van der Waals surface area contributed by atoms with Crippen molar-refractivity contribution in [3.8, 4) is 0 Å². The molecular weight excluding hydrogens is 346 g/mol. The van der Waals surface area contributed by atoms with Gasteiger partial charge in [0.2, 0.25) is 5.95 Å². The molecule has 0 saturated carbocycles. The molecule has 0 unspecified atom stereocenters. The molecule has 7 nitrogen and oxygen atoms in total. The summed E-state index contributed by atoms with van der Waals surface area (Å²) in [5.74, 6) is -1.81. The van der Waals surface area contributed by atoms with Gasteiger partial charge in [0.05, 0.1) is 11.1 Å². The largest absolute Gasteiger partial charge is 0.478 e. The maximum absolute atomic E-state index is 10.5. The third-order valence-corrected chi connectivity index (χ3v) is 3.40. The number of anilines is 2. The van der Waals surface area contributed by atoms with Crippen LogP contribution in [0.2, 0.25) is 0 Å². The molecule has 27 heavy (non-hydrogen) atoms. The highest BCUT2D eigenvalue weighted by Crippen LogP contribution is 2.12. The molecular formula is C20H19N3O4. The molecule has 1 aromatic heterocycles. The maximum Gasteiger partial charge on any atom is 0.336 e. The van der Waals surface area contributed by atoms with E-state index in [0.717, 1.165) is 17.1 Å². The molecule has 0 spiro atoms. The first-order valence-corrected chi connectivity index (χ1v) is 8.07. The lowest BCUT2D eigenvalue weighted by atomic mass is 10.1. The zero-order valence-corrected chi connectivity index (χ0v) is 14.9. The number of aromatic nitrogens is 2. The van der Waals surface area contributed by atoms with Gasteiger partial charge in [-0.25, -0.2) is 19.6 Å². The van der Waals surface area contributed by atoms with Crippen LogP contribution in [0.25, 0.3) is 0 Å². The monoisotopic (exact) mass is 365 g/mol. The van der Waals surface area contributed by atoms with Gasteiger partial charge < -0.3 is 15.5 Å². The van der Waals surface area contributed by atoms with E-state index in [1.54, 1.807) is 0 Å². The van der Waals surface area contributed by atoms with Crippen LogP contribution in [-0.2, 0) is 0 Å². The van der Waals surface area contributed by atoms with Crippen LogP contribution < -0.4 is 5.32 Å². The van der Waals surface area contributed by atoms with Gasteiger partial charge in [0.1, 0.15) is 0 Å². The molecule has 3 rings (SSSR count). The molecule has 7 heteroatoms. The zero-order chi connectivity index (χ0) is 19.8. The lowest BCUT2D eigenvalue weighted by molar-refractivity contribution is 0.0651. The lowest BCUT2D eigenvalue weighted by Gasteiger charge is -2.05. The molecule has 2 aromatic carbocycles. The Morgan fingerprint density at radius 3 is 1.67 bits per heavy atom. The van der Waals surface area contributed by atoms with Crippen molar-refractivity contribution < 1.29 is 19.8 Å². The molecule has 0 radical (unpaired) electrons. The van der Waals surface area contributed by atoms with Crippen LogP contribution >= 0.6 is 0 Å². The van der Waals surface area contributed by atoms with Crippen molar-refractivity contribution >= 4 is 23.6 Å². The van der Waals surface area contributed by atoms with Crippen molar-refractivity contribution in [3.05, 3.63) is 83.2 Å². The number of carbonyl (C=O) groups is 2. The molecule has 0 amide bonds. The number of nitrogens with one attached hydrogen (secondary N) is 1. The van der Waals surface area contributed by atoms with E-state index in [1.165, 1.54) is 24.3 Å². The first-order valence-electron chi connectivity index (χ1n) is 8.07. The van der Waals surface area contributed by atoms with Gasteiger partial charge in [-0.05, 0) is 44.2 Å². The summed E-state index contributed by atoms with van der Waals surface area (Å²) in [4.78, 5) is 29.5. The average Bonchev–Trinajstić information content (AvgIpc) is 2.62. The van der Waals surface area contributed by atoms with Gasteiger partial charge in [0.15, 0.2) is 0 Å². The third-order valence-electron chi connectivity index (χ3n) is 3.40. The Kier molecular flexibility index (Phi) is 6.60. The number of carboxylic acid groups (broad SMARTS) is 2. The van der Waals surface area contributed by atoms with E-state index >= 15 is 0 Å². The topological polar surface area (TPSA) is 112 Å². The second-order valence-corrected chi connectivity index (χ2v) is 5.62. The van der Waals surface area contributed by atoms with Crippen LogP contribution in [0.15, 0.2) is 60.7 Å². The second-order valence-electron chi connectivity index (χ2n) is 5.62. The number of nitrogens with zero attached hydrogens (tertiary/aromatic N) is 2. The highest BCUT2D eigenvalue weighted by molar-refractivity contribution is 6.01. The van der Waals surface area contributed by atoms with Crippen molar-refractivity contribution in [1.82, 2.24) is 9.97 Å². The fourth-order valence-electron chi connectivity index (χ4n) is 2.29. The van der Waals surface area contributed by atoms with Gasteiger partial charge in [-0.1, -0.05) is 30.3 Å². The zero-order valence-electron chi connectivity index (χ0n) is 14.9. The van der Waals surface area contributed by atoms with Gasteiger partial charge in [-0.15, -0.1) is 0 Å². The molecule has 0 bridgehead atoms. The summed E-state index contributed by atoms with van der Waals surface area (Å²) in [6, 6.07) is 17.3. The first kappa shape index (κ1) is 19.6. The van der Waals surface area contributed by atoms with E-state index in [4.69, 9.17) is 10.2 Å². The van der Waals surface area contributed by atoms with Gasteiger partial charge in [-0.3, -0.25) is 0 Å². The Morgan fingerprint density at radius 2 is 1.22 bits per heavy atom. The lowest BCUT2D eigenvalue weighted by Crippen LogP contribution is -2.06. The molecule has 0 atom stereocenters. The van der Waals surface area contributed by atoms with Gasteiger partial charge >= 0.3 is 11.9 Å². The van der Waals surface area contributed by atoms with Gasteiger partial charge in [0.25, 0.3) is 0 Å². The summed E-state index contributed by atoms with van der Waals surface area (Å²) in [5, 5.41) is 20.3. The van der Waals surface area contributed by atoms with Crippen LogP contribution in [-0.4, -0.2) is 32.1 Å². The van der Waals surface area contributed by atoms with Crippen LogP contribution in [0.1, 0.15) is 32.1 Å². The number of para-hydroxylation sites is 1. The SMILES string of the molecule is Cc1cc(C)nc(Nc2ccccc2)n1.O=C(O)c1ccccc1C(=O)O. The number of aryl methyl sites for hydroxylation is 2. The standard InChI is InChI=1S/C12H13N3.C8H6O4/c1-9-8-10(2)14-12(13-9)15-11-6-4-3-5-7-11;9-7(10)5-3-1-2-4-6(5)8(11)12/h3-8H,1-2H3,(H,13,14,15);1-4H,(H,9,10)(H,11,12). The van der Waals surface area contributed by atoms with Crippen molar-refractivity contribution in [1.29, 1.82) is 0 Å². The second kappa shape index (κ2) is 9.10. The summed E-state index contributed by atoms with van der Waals surface area (Å²) in [6.45, 7) is 3.93. The number of aromatic carboxylic acids is 2. The van der Waals surface area contributed by atoms with E-state index in [-0.39, 0.29) is 11.1 Å². The van der Waals surface area contributed by atoms with Crippen molar-refractivity contribution in [2.45, 2.75) is 13.8 Å². The van der Waals surface area contributed by atoms with E-state index < -0.39 is 11.9 Å². The number of hydrogen-bond acceptors (Lipinski definition) is 5. The highest BCUT2D eigenvalue weighted by Gasteiger charge is 2.13. The minimum atomic E-state index is -1.23. The molecule has 0 saturated heterocycles. The predicted octanol–water partition coefficient (Wildman–Crippen LogP) is 3.92. The Balaban J connectivity index is 0.000000199. The van der Waals surface area contributed by atoms with Crippen LogP contribution in [0, 0.1) is 13.8 Å². The normalized spacial score (nSPS) is 9.70. The smallest absolute Gasteiger partial charge is 0.336 e. The maximum atomic E-state index is 10.5. The molecule has 0 aliphatic carbocycles. The van der Waals surface area contributed by atoms with Crippen LogP contribution in [0.4, 0.5) is 11.6 Å². The summed E-state index contributed by atoms with van der Waals surface area (Å²) < 4.78 is 0. The summed E-state index contributed by atoms with van der Waals surface area (Å²) in [5.41, 5.74) is 2.57. The molecule has 0 fully saturated rings. The Morgan fingerprint density at radius 1 is 0.778 bits per heavy atom. The Hall–Kier alpha value is -3.74. The van der Waals surface area contributed by atoms with E-state index in [1.807, 2.05) is 50.2 Å². The summed E-state index contributed by atoms with van der Waals surface area (Å²) in [7, 11) is 0. The molecule has 138 valence electrons. The van der Waals surface area contributed by atoms with E-state index in [0.29, 0.717) is 5.95 Å². The molecule has 3 N–H and O–H groups in total. The average molecular weight is 365 g/mol. The highest BCUT2D eigenvalue weighted by atomic mass is 16.4. The molecule has 1 heterocycles. The number of benzene rings is 2. The third kappa shape index (κ3) is 5.93. The fourth-order valence-corrected chi connectivity index (χ4v) is 2.29. The fraction of sp³-hybridized carbons (Fsp3) is 0.100.